The summed E-state index contributed by atoms with van der Waals surface area (Å²) in [6, 6.07) is -0.134. The Morgan fingerprint density at radius 2 is 1.95 bits per heavy atom. The molecule has 0 bridgehead atoms. The number of aromatic nitrogens is 2. The molecule has 1 aromatic heterocycles. The first-order chi connectivity index (χ1) is 9.30. The van der Waals surface area contributed by atoms with Gasteiger partial charge in [-0.25, -0.2) is 0 Å². The van der Waals surface area contributed by atoms with Crippen LogP contribution >= 0.6 is 0 Å². The van der Waals surface area contributed by atoms with Gasteiger partial charge in [-0.1, -0.05) is 13.8 Å². The van der Waals surface area contributed by atoms with Gasteiger partial charge in [-0.2, -0.15) is 18.3 Å². The van der Waals surface area contributed by atoms with Crippen LogP contribution in [0.2, 0.25) is 0 Å². The van der Waals surface area contributed by atoms with E-state index < -0.39 is 12.8 Å². The highest BCUT2D eigenvalue weighted by atomic mass is 19.4. The third-order valence-electron chi connectivity index (χ3n) is 3.01. The summed E-state index contributed by atoms with van der Waals surface area (Å²) in [5.74, 6) is 0. The largest absolute Gasteiger partial charge is 0.411 e. The molecule has 0 aliphatic carbocycles. The molecule has 1 atom stereocenters. The van der Waals surface area contributed by atoms with Gasteiger partial charge in [0.2, 0.25) is 0 Å². The maximum absolute atomic E-state index is 12.0. The SMILES string of the molecule is CCc1nn(CCOCC(F)(F)F)c(CC)c1C(C)N. The highest BCUT2D eigenvalue weighted by Gasteiger charge is 2.27. The molecule has 7 heteroatoms. The Labute approximate surface area is 117 Å². The molecule has 0 aliphatic heterocycles. The number of hydrogen-bond donors (Lipinski definition) is 1. The number of nitrogens with two attached hydrogens (primary N) is 1. The number of nitrogens with zero attached hydrogens (tertiary/aromatic N) is 2. The first kappa shape index (κ1) is 17.0. The van der Waals surface area contributed by atoms with Crippen molar-refractivity contribution in [2.24, 2.45) is 5.73 Å². The second-order valence-corrected chi connectivity index (χ2v) is 4.69. The van der Waals surface area contributed by atoms with Crippen LogP contribution in [0.4, 0.5) is 13.2 Å². The Hall–Kier alpha value is -1.08. The molecule has 0 saturated carbocycles. The molecule has 1 unspecified atom stereocenters. The summed E-state index contributed by atoms with van der Waals surface area (Å²) in [6.45, 7) is 4.92. The van der Waals surface area contributed by atoms with E-state index in [1.165, 1.54) is 0 Å². The minimum Gasteiger partial charge on any atom is -0.370 e. The summed E-state index contributed by atoms with van der Waals surface area (Å²) in [5.41, 5.74) is 8.85. The summed E-state index contributed by atoms with van der Waals surface area (Å²) in [7, 11) is 0. The van der Waals surface area contributed by atoms with E-state index in [1.54, 1.807) is 4.68 Å². The van der Waals surface area contributed by atoms with Crippen LogP contribution in [0.1, 0.15) is 43.8 Å². The lowest BCUT2D eigenvalue weighted by Gasteiger charge is -2.11. The fourth-order valence-electron chi connectivity index (χ4n) is 2.25. The van der Waals surface area contributed by atoms with Crippen molar-refractivity contribution >= 4 is 0 Å². The van der Waals surface area contributed by atoms with E-state index in [4.69, 9.17) is 5.73 Å². The van der Waals surface area contributed by atoms with Gasteiger partial charge in [0.1, 0.15) is 6.61 Å². The van der Waals surface area contributed by atoms with Gasteiger partial charge in [0, 0.05) is 17.3 Å². The zero-order valence-corrected chi connectivity index (χ0v) is 12.1. The van der Waals surface area contributed by atoms with Gasteiger partial charge >= 0.3 is 6.18 Å². The second kappa shape index (κ2) is 7.08. The molecule has 1 aromatic rings. The van der Waals surface area contributed by atoms with Crippen molar-refractivity contribution in [2.45, 2.75) is 52.4 Å². The molecule has 0 amide bonds. The van der Waals surface area contributed by atoms with Gasteiger partial charge in [0.25, 0.3) is 0 Å². The molecule has 1 rings (SSSR count). The molecule has 20 heavy (non-hydrogen) atoms. The van der Waals surface area contributed by atoms with Gasteiger partial charge in [-0.05, 0) is 19.8 Å². The smallest absolute Gasteiger partial charge is 0.370 e. The number of aryl methyl sites for hydroxylation is 1. The van der Waals surface area contributed by atoms with Crippen molar-refractivity contribution in [3.05, 3.63) is 17.0 Å². The predicted molar refractivity (Wildman–Crippen MR) is 70.5 cm³/mol. The molecular weight excluding hydrogens is 271 g/mol. The second-order valence-electron chi connectivity index (χ2n) is 4.69. The molecule has 0 fully saturated rings. The fraction of sp³-hybridized carbons (Fsp3) is 0.769. The Bertz CT molecular complexity index is 427. The molecular formula is C13H22F3N3O. The van der Waals surface area contributed by atoms with Crippen molar-refractivity contribution in [3.8, 4) is 0 Å². The van der Waals surface area contributed by atoms with Crippen molar-refractivity contribution in [3.63, 3.8) is 0 Å². The van der Waals surface area contributed by atoms with E-state index in [0.717, 1.165) is 29.8 Å². The number of rotatable bonds is 7. The molecule has 0 saturated heterocycles. The third kappa shape index (κ3) is 4.49. The average Bonchev–Trinajstić information content (AvgIpc) is 2.71. The molecule has 0 radical (unpaired) electrons. The fourth-order valence-corrected chi connectivity index (χ4v) is 2.25. The van der Waals surface area contributed by atoms with Gasteiger partial charge in [-0.3, -0.25) is 4.68 Å². The maximum atomic E-state index is 12.0. The van der Waals surface area contributed by atoms with Gasteiger partial charge in [0.05, 0.1) is 18.8 Å². The van der Waals surface area contributed by atoms with Crippen LogP contribution in [0.25, 0.3) is 0 Å². The summed E-state index contributed by atoms with van der Waals surface area (Å²) < 4.78 is 42.3. The van der Waals surface area contributed by atoms with Crippen molar-refractivity contribution in [1.82, 2.24) is 9.78 Å². The Kier molecular flexibility index (Phi) is 6.01. The summed E-state index contributed by atoms with van der Waals surface area (Å²) >= 11 is 0. The Morgan fingerprint density at radius 1 is 1.30 bits per heavy atom. The normalized spacial score (nSPS) is 13.8. The molecule has 4 nitrogen and oxygen atoms in total. The molecule has 0 aliphatic rings. The van der Waals surface area contributed by atoms with Crippen molar-refractivity contribution in [2.75, 3.05) is 13.2 Å². The van der Waals surface area contributed by atoms with Crippen LogP contribution < -0.4 is 5.73 Å². The van der Waals surface area contributed by atoms with Gasteiger partial charge < -0.3 is 10.5 Å². The van der Waals surface area contributed by atoms with Crippen LogP contribution in [-0.2, 0) is 24.1 Å². The van der Waals surface area contributed by atoms with E-state index >= 15 is 0 Å². The highest BCUT2D eigenvalue weighted by molar-refractivity contribution is 5.29. The Morgan fingerprint density at radius 3 is 2.40 bits per heavy atom. The molecule has 0 spiro atoms. The van der Waals surface area contributed by atoms with E-state index in [2.05, 4.69) is 9.84 Å². The number of ether oxygens (including phenoxy) is 1. The molecule has 116 valence electrons. The first-order valence-corrected chi connectivity index (χ1v) is 6.78. The summed E-state index contributed by atoms with van der Waals surface area (Å²) in [4.78, 5) is 0. The first-order valence-electron chi connectivity index (χ1n) is 6.78. The van der Waals surface area contributed by atoms with Crippen LogP contribution in [0.3, 0.4) is 0 Å². The summed E-state index contributed by atoms with van der Waals surface area (Å²) in [6.07, 6.45) is -2.80. The van der Waals surface area contributed by atoms with Crippen molar-refractivity contribution in [1.29, 1.82) is 0 Å². The minimum atomic E-state index is -4.29. The number of halogens is 3. The van der Waals surface area contributed by atoms with Crippen LogP contribution in [-0.4, -0.2) is 29.2 Å². The standard InChI is InChI=1S/C13H22F3N3O/c1-4-10-12(9(3)17)11(5-2)19(18-10)6-7-20-8-13(14,15)16/h9H,4-8,17H2,1-3H3. The molecule has 0 aromatic carbocycles. The third-order valence-corrected chi connectivity index (χ3v) is 3.01. The maximum Gasteiger partial charge on any atom is 0.411 e. The van der Waals surface area contributed by atoms with Crippen LogP contribution in [0, 0.1) is 0 Å². The predicted octanol–water partition coefficient (Wildman–Crippen LogP) is 2.61. The Balaban J connectivity index is 2.75. The van der Waals surface area contributed by atoms with Crippen LogP contribution in [0.5, 0.6) is 0 Å². The lowest BCUT2D eigenvalue weighted by molar-refractivity contribution is -0.174. The zero-order valence-electron chi connectivity index (χ0n) is 12.1. The quantitative estimate of drug-likeness (QED) is 0.786. The summed E-state index contributed by atoms with van der Waals surface area (Å²) in [5, 5.41) is 4.43. The van der Waals surface area contributed by atoms with E-state index in [9.17, 15) is 13.2 Å². The molecule has 1 heterocycles. The lowest BCUT2D eigenvalue weighted by Crippen LogP contribution is -2.20. The monoisotopic (exact) mass is 293 g/mol. The zero-order chi connectivity index (χ0) is 15.3. The van der Waals surface area contributed by atoms with E-state index in [0.29, 0.717) is 6.54 Å². The number of alkyl halides is 3. The van der Waals surface area contributed by atoms with E-state index in [1.807, 2.05) is 20.8 Å². The van der Waals surface area contributed by atoms with E-state index in [-0.39, 0.29) is 12.6 Å². The lowest BCUT2D eigenvalue weighted by atomic mass is 10.0. The molecule has 2 N–H and O–H groups in total. The number of hydrogen-bond acceptors (Lipinski definition) is 3. The highest BCUT2D eigenvalue weighted by Crippen LogP contribution is 2.22. The minimum absolute atomic E-state index is 0.0181. The average molecular weight is 293 g/mol. The van der Waals surface area contributed by atoms with Gasteiger partial charge in [0.15, 0.2) is 0 Å². The van der Waals surface area contributed by atoms with Gasteiger partial charge in [-0.15, -0.1) is 0 Å². The topological polar surface area (TPSA) is 53.1 Å². The van der Waals surface area contributed by atoms with Crippen LogP contribution in [0.15, 0.2) is 0 Å². The van der Waals surface area contributed by atoms with Crippen molar-refractivity contribution < 1.29 is 17.9 Å².